The standard InChI is InChI=1S/C45H53ClF5N6O7PS/c1-25(2)52-43-55-34(24-66-43)33-20-37(28-16-17-36(63-3)39(46)40(28)54-33)64-27-19-35-41(59)56-44(65(61,62)23-29-30(47)12-9-13-31(29)48)21-26(44)11-7-5-4-6-8-14-32(42(60)57(35)22-27)53-38(58)15-10-18-45(49,50)51/h9,12-13,16-17,20,24-27,32,35H,4-8,10-11,14-15,18-19,21-23H2,1-3H3,(H,52,55)(H,53,58)(H,56,59)(H,61,62)/t26-,27-,32+,35+,44+/m1/s1. The van der Waals surface area contributed by atoms with Gasteiger partial charge in [-0.1, -0.05) is 49.8 Å². The third-order valence-corrected chi connectivity index (χ3v) is 16.2. The highest BCUT2D eigenvalue weighted by Gasteiger charge is 2.66. The Morgan fingerprint density at radius 2 is 1.77 bits per heavy atom. The molecule has 6 atom stereocenters. The minimum atomic E-state index is -4.63. The van der Waals surface area contributed by atoms with E-state index in [-0.39, 0.29) is 42.6 Å². The lowest BCUT2D eigenvalue weighted by molar-refractivity contribution is -0.142. The molecule has 13 nitrogen and oxygen atoms in total. The molecule has 2 saturated heterocycles. The fourth-order valence-electron chi connectivity index (χ4n) is 8.96. The summed E-state index contributed by atoms with van der Waals surface area (Å²) in [6.07, 6.45) is -4.82. The predicted octanol–water partition coefficient (Wildman–Crippen LogP) is 9.73. The number of halogens is 6. The Labute approximate surface area is 388 Å². The molecule has 2 aromatic heterocycles. The molecule has 21 heteroatoms. The van der Waals surface area contributed by atoms with Gasteiger partial charge in [-0.3, -0.25) is 18.9 Å². The molecule has 358 valence electrons. The fourth-order valence-corrected chi connectivity index (χ4v) is 12.6. The van der Waals surface area contributed by atoms with Crippen molar-refractivity contribution < 1.29 is 55.3 Å². The number of amides is 3. The molecular weight excluding hydrogens is 930 g/mol. The van der Waals surface area contributed by atoms with Crippen molar-refractivity contribution >= 4 is 64.1 Å². The lowest BCUT2D eigenvalue weighted by atomic mass is 10.0. The number of anilines is 1. The van der Waals surface area contributed by atoms with Crippen LogP contribution in [0.2, 0.25) is 5.02 Å². The summed E-state index contributed by atoms with van der Waals surface area (Å²) in [5.41, 5.74) is 0.628. The second-order valence-corrected chi connectivity index (χ2v) is 21.4. The van der Waals surface area contributed by atoms with E-state index in [9.17, 15) is 45.8 Å². The maximum absolute atomic E-state index is 14.9. The summed E-state index contributed by atoms with van der Waals surface area (Å²) < 4.78 is 95.5. The summed E-state index contributed by atoms with van der Waals surface area (Å²) in [6, 6.07) is 5.64. The van der Waals surface area contributed by atoms with Gasteiger partial charge in [0.1, 0.15) is 57.3 Å². The average molecular weight is 983 g/mol. The Morgan fingerprint density at radius 3 is 2.47 bits per heavy atom. The number of thiazole rings is 1. The number of fused-ring (bicyclic) bond motifs is 3. The summed E-state index contributed by atoms with van der Waals surface area (Å²) in [4.78, 5) is 65.2. The number of hydrogen-bond acceptors (Lipinski definition) is 10. The van der Waals surface area contributed by atoms with Crippen LogP contribution in [0.4, 0.5) is 27.1 Å². The summed E-state index contributed by atoms with van der Waals surface area (Å²) in [7, 11) is -3.17. The van der Waals surface area contributed by atoms with Gasteiger partial charge in [-0.05, 0) is 69.7 Å². The molecule has 2 aliphatic heterocycles. The number of aromatic nitrogens is 2. The van der Waals surface area contributed by atoms with Crippen LogP contribution in [0, 0.1) is 17.6 Å². The van der Waals surface area contributed by atoms with E-state index in [1.54, 1.807) is 18.2 Å². The highest BCUT2D eigenvalue weighted by atomic mass is 35.5. The number of ether oxygens (including phenoxy) is 2. The molecule has 7 rings (SSSR count). The number of hydrogen-bond donors (Lipinski definition) is 4. The summed E-state index contributed by atoms with van der Waals surface area (Å²) in [6.45, 7) is 3.73. The van der Waals surface area contributed by atoms with Crippen molar-refractivity contribution in [2.24, 2.45) is 5.92 Å². The van der Waals surface area contributed by atoms with Gasteiger partial charge >= 0.3 is 6.18 Å². The molecular formula is C45H53ClF5N6O7PS. The van der Waals surface area contributed by atoms with Gasteiger partial charge in [0, 0.05) is 47.7 Å². The van der Waals surface area contributed by atoms with Crippen LogP contribution < -0.4 is 25.4 Å². The molecule has 0 spiro atoms. The van der Waals surface area contributed by atoms with E-state index in [4.69, 9.17) is 31.0 Å². The van der Waals surface area contributed by atoms with E-state index in [1.165, 1.54) is 23.3 Å². The summed E-state index contributed by atoms with van der Waals surface area (Å²) in [5.74, 6) is -4.18. The minimum Gasteiger partial charge on any atom is -0.495 e. The first-order chi connectivity index (χ1) is 31.3. The Balaban J connectivity index is 1.25. The molecule has 1 aliphatic carbocycles. The topological polar surface area (TPSA) is 172 Å². The van der Waals surface area contributed by atoms with Crippen molar-refractivity contribution in [2.45, 2.75) is 133 Å². The predicted molar refractivity (Wildman–Crippen MR) is 241 cm³/mol. The molecule has 2 aromatic carbocycles. The Bertz CT molecular complexity index is 2480. The molecule has 1 unspecified atom stereocenters. The molecule has 3 fully saturated rings. The van der Waals surface area contributed by atoms with Gasteiger partial charge in [-0.2, -0.15) is 13.2 Å². The van der Waals surface area contributed by atoms with Gasteiger partial charge in [-0.25, -0.2) is 18.7 Å². The average Bonchev–Trinajstić information content (AvgIpc) is 3.51. The number of carbonyl (C=O) groups excluding carboxylic acids is 3. The second-order valence-electron chi connectivity index (χ2n) is 17.6. The third kappa shape index (κ3) is 11.2. The largest absolute Gasteiger partial charge is 0.495 e. The number of nitrogens with one attached hydrogen (secondary N) is 3. The van der Waals surface area contributed by atoms with Gasteiger partial charge < -0.3 is 35.2 Å². The zero-order valence-electron chi connectivity index (χ0n) is 36.7. The van der Waals surface area contributed by atoms with E-state index < -0.39 is 103 Å². The monoisotopic (exact) mass is 982 g/mol. The normalized spacial score (nSPS) is 23.8. The zero-order chi connectivity index (χ0) is 47.6. The van der Waals surface area contributed by atoms with E-state index >= 15 is 0 Å². The Kier molecular flexibility index (Phi) is 15.2. The van der Waals surface area contributed by atoms with E-state index in [0.717, 1.165) is 18.2 Å². The summed E-state index contributed by atoms with van der Waals surface area (Å²) >= 11 is 8.19. The van der Waals surface area contributed by atoms with Crippen LogP contribution in [0.15, 0.2) is 41.8 Å². The molecule has 66 heavy (non-hydrogen) atoms. The van der Waals surface area contributed by atoms with Crippen LogP contribution in [-0.2, 0) is 25.1 Å². The van der Waals surface area contributed by atoms with Crippen molar-refractivity contribution in [3.05, 3.63) is 64.0 Å². The van der Waals surface area contributed by atoms with Gasteiger partial charge in [-0.15, -0.1) is 11.3 Å². The van der Waals surface area contributed by atoms with Crippen molar-refractivity contribution in [2.75, 3.05) is 19.0 Å². The van der Waals surface area contributed by atoms with Crippen molar-refractivity contribution in [3.8, 4) is 22.9 Å². The highest BCUT2D eigenvalue weighted by molar-refractivity contribution is 7.59. The van der Waals surface area contributed by atoms with Crippen LogP contribution >= 0.6 is 30.3 Å². The molecule has 0 radical (unpaired) electrons. The van der Waals surface area contributed by atoms with Gasteiger partial charge in [0.2, 0.25) is 25.1 Å². The number of pyridine rings is 1. The molecule has 3 aliphatic rings. The number of nitrogens with zero attached hydrogens (tertiary/aromatic N) is 3. The van der Waals surface area contributed by atoms with E-state index in [0.29, 0.717) is 71.7 Å². The maximum atomic E-state index is 14.9. The fraction of sp³-hybridized carbons (Fsp3) is 0.533. The minimum absolute atomic E-state index is 0.0564. The first-order valence-electron chi connectivity index (χ1n) is 22.1. The van der Waals surface area contributed by atoms with Crippen molar-refractivity contribution in [1.29, 1.82) is 0 Å². The lowest BCUT2D eigenvalue weighted by Crippen LogP contribution is -2.55. The van der Waals surface area contributed by atoms with Crippen LogP contribution in [0.5, 0.6) is 11.5 Å². The molecule has 4 N–H and O–H groups in total. The molecule has 0 bridgehead atoms. The number of alkyl halides is 3. The maximum Gasteiger partial charge on any atom is 0.389 e. The third-order valence-electron chi connectivity index (χ3n) is 12.4. The number of methoxy groups -OCH3 is 1. The summed E-state index contributed by atoms with van der Waals surface area (Å²) in [5, 5.41) is 10.1. The SMILES string of the molecule is COc1ccc2c(O[C@@H]3C[C@H]4C(=O)N[C@]5(P(=O)(O)Cc6c(F)cccc6F)C[C@H]5CCCCCCC[C@H](NC(=O)CCCC(F)(F)F)C(=O)N4C3)cc(-c3csc(NC(C)C)n3)nc2c1Cl. The van der Waals surface area contributed by atoms with E-state index in [1.807, 2.05) is 19.2 Å². The zero-order valence-corrected chi connectivity index (χ0v) is 39.2. The number of carbonyl (C=O) groups is 3. The van der Waals surface area contributed by atoms with Crippen molar-refractivity contribution in [1.82, 2.24) is 25.5 Å². The molecule has 4 heterocycles. The van der Waals surface area contributed by atoms with Crippen LogP contribution in [0.25, 0.3) is 22.3 Å². The molecule has 1 saturated carbocycles. The Morgan fingerprint density at radius 1 is 1.06 bits per heavy atom. The first-order valence-corrected chi connectivity index (χ1v) is 25.2. The molecule has 3 amide bonds. The lowest BCUT2D eigenvalue weighted by Gasteiger charge is -2.31. The van der Waals surface area contributed by atoms with Crippen LogP contribution in [-0.4, -0.2) is 86.8 Å². The quantitative estimate of drug-likeness (QED) is 0.0747. The van der Waals surface area contributed by atoms with Gasteiger partial charge in [0.25, 0.3) is 0 Å². The first kappa shape index (κ1) is 49.3. The number of benzene rings is 2. The van der Waals surface area contributed by atoms with Crippen LogP contribution in [0.1, 0.15) is 96.5 Å². The Hall–Kier alpha value is -4.58. The van der Waals surface area contributed by atoms with Gasteiger partial charge in [0.05, 0.1) is 31.0 Å². The smallest absolute Gasteiger partial charge is 0.389 e. The van der Waals surface area contributed by atoms with Crippen molar-refractivity contribution in [3.63, 3.8) is 0 Å². The second kappa shape index (κ2) is 20.3. The van der Waals surface area contributed by atoms with E-state index in [2.05, 4.69) is 16.0 Å². The van der Waals surface area contributed by atoms with Crippen LogP contribution in [0.3, 0.4) is 0 Å². The van der Waals surface area contributed by atoms with Gasteiger partial charge in [0.15, 0.2) is 5.13 Å². The molecule has 4 aromatic rings. The number of rotatable bonds is 13. The highest BCUT2D eigenvalue weighted by Crippen LogP contribution is 2.71.